The van der Waals surface area contributed by atoms with Crippen molar-refractivity contribution in [2.45, 2.75) is 133 Å². The van der Waals surface area contributed by atoms with Gasteiger partial charge in [-0.2, -0.15) is 0 Å². The van der Waals surface area contributed by atoms with Gasteiger partial charge >= 0.3 is 5.97 Å². The fourth-order valence-electron chi connectivity index (χ4n) is 6.85. The lowest BCUT2D eigenvalue weighted by Crippen LogP contribution is -2.60. The number of aliphatic hydroxyl groups is 1. The van der Waals surface area contributed by atoms with Crippen molar-refractivity contribution in [3.63, 3.8) is 0 Å². The van der Waals surface area contributed by atoms with E-state index in [1.807, 2.05) is 0 Å². The molecule has 1 aliphatic rings. The van der Waals surface area contributed by atoms with E-state index in [4.69, 9.17) is 45.9 Å². The molecule has 1 fully saturated rings. The van der Waals surface area contributed by atoms with Gasteiger partial charge in [0.1, 0.15) is 41.6 Å². The third-order valence-electron chi connectivity index (χ3n) is 10.8. The average molecular weight is 1010 g/mol. The quantitative estimate of drug-likeness (QED) is 0.0123. The fourth-order valence-corrected chi connectivity index (χ4v) is 6.85. The Morgan fingerprint density at radius 2 is 1.38 bits per heavy atom. The van der Waals surface area contributed by atoms with Crippen LogP contribution in [0.1, 0.15) is 90.4 Å². The van der Waals surface area contributed by atoms with Crippen molar-refractivity contribution < 1.29 is 58.2 Å². The highest BCUT2D eigenvalue weighted by atomic mass is 16.4. The van der Waals surface area contributed by atoms with Gasteiger partial charge in [0.2, 0.25) is 41.4 Å². The number of guanidine groups is 1. The number of nitrogens with one attached hydrogen (secondary N) is 6. The maximum Gasteiger partial charge on any atom is 0.352 e. The molecule has 1 aliphatic heterocycles. The topological polar surface area (TPSA) is 519 Å². The molecule has 71 heavy (non-hydrogen) atoms. The Balaban J connectivity index is 3.22. The highest BCUT2D eigenvalue weighted by Gasteiger charge is 2.38. The van der Waals surface area contributed by atoms with Gasteiger partial charge in [0.25, 0.3) is 11.8 Å². The van der Waals surface area contributed by atoms with Crippen molar-refractivity contribution in [1.29, 1.82) is 0 Å². The van der Waals surface area contributed by atoms with Crippen molar-refractivity contribution >= 4 is 70.8 Å². The van der Waals surface area contributed by atoms with Crippen LogP contribution in [0.25, 0.3) is 0 Å². The molecule has 0 aromatic rings. The number of hydrogen-bond donors (Lipinski definition) is 16. The molecule has 29 nitrogen and oxygen atoms in total. The zero-order chi connectivity index (χ0) is 53.6. The Hall–Kier alpha value is -6.66. The van der Waals surface area contributed by atoms with Gasteiger partial charge in [-0.05, 0) is 97.2 Å². The van der Waals surface area contributed by atoms with E-state index in [0.717, 1.165) is 4.90 Å². The van der Waals surface area contributed by atoms with E-state index < -0.39 is 127 Å². The predicted octanol–water partition coefficient (Wildman–Crippen LogP) is -7.32. The lowest BCUT2D eigenvalue weighted by Gasteiger charge is -2.27. The second-order valence-corrected chi connectivity index (χ2v) is 16.5. The molecule has 9 amide bonds. The standard InChI is InChI=1S/C42H75N17O12/c1-23(53-39(68)33(30(60)21-46)58-35(64)24(47)9-2-4-16-43)34(63)52-22-32(62)54-27(11-6-18-45)40(69)59-20-8-13-29(59)38(67)56-26(14-15-31(48)61)37(66)55-25(10-3-5-17-44)36(65)57-28(41(70)71)12-7-19-51-42(49)50/h12,23-26,29-30,33,60H,2-11,13-22,43-47H2,1H3,(H2,48,61)(H,52,63)(H,53,68)(H,55,66)(H,56,67)(H,57,65)(H,58,64)(H,70,71)(H4,49,50,51)/b28-12-,54-27?/t23-,24-,25-,26-,29-,30-,33-/m0/s1. The van der Waals surface area contributed by atoms with Crippen LogP contribution in [0.5, 0.6) is 0 Å². The number of hydrogen-bond acceptors (Lipinski definition) is 17. The van der Waals surface area contributed by atoms with Gasteiger partial charge in [-0.25, -0.2) is 9.79 Å². The Morgan fingerprint density at radius 1 is 0.746 bits per heavy atom. The first-order valence-corrected chi connectivity index (χ1v) is 23.3. The van der Waals surface area contributed by atoms with Gasteiger partial charge in [0.05, 0.1) is 18.7 Å². The van der Waals surface area contributed by atoms with Crippen LogP contribution >= 0.6 is 0 Å². The van der Waals surface area contributed by atoms with E-state index in [1.165, 1.54) is 13.0 Å². The number of carboxylic acid groups (broad SMARTS) is 1. The number of aliphatic imine (C=N–C) groups is 2. The normalized spacial score (nSPS) is 16.2. The largest absolute Gasteiger partial charge is 0.477 e. The zero-order valence-corrected chi connectivity index (χ0v) is 40.2. The van der Waals surface area contributed by atoms with Crippen LogP contribution in [0.3, 0.4) is 0 Å². The van der Waals surface area contributed by atoms with Gasteiger partial charge in [-0.1, -0.05) is 12.5 Å². The fraction of sp³-hybridized carbons (Fsp3) is 0.667. The van der Waals surface area contributed by atoms with Crippen molar-refractivity contribution in [2.24, 2.45) is 55.9 Å². The van der Waals surface area contributed by atoms with Crippen LogP contribution in [-0.2, 0) is 47.9 Å². The van der Waals surface area contributed by atoms with Crippen LogP contribution in [0, 0.1) is 0 Å². The Morgan fingerprint density at radius 3 is 1.97 bits per heavy atom. The Kier molecular flexibility index (Phi) is 29.7. The zero-order valence-electron chi connectivity index (χ0n) is 40.2. The number of primary amides is 1. The van der Waals surface area contributed by atoms with Gasteiger partial charge in [-0.3, -0.25) is 48.1 Å². The Labute approximate surface area is 411 Å². The summed E-state index contributed by atoms with van der Waals surface area (Å²) in [7, 11) is 0. The molecule has 24 N–H and O–H groups in total. The number of carbonyl (C=O) groups is 10. The maximum atomic E-state index is 14.0. The molecule has 1 saturated heterocycles. The van der Waals surface area contributed by atoms with Crippen LogP contribution in [0.2, 0.25) is 0 Å². The molecular weight excluding hydrogens is 935 g/mol. The number of carbonyl (C=O) groups excluding carboxylic acids is 9. The summed E-state index contributed by atoms with van der Waals surface area (Å²) in [4.78, 5) is 139. The molecule has 0 unspecified atom stereocenters. The molecular formula is C42H75N17O12. The summed E-state index contributed by atoms with van der Waals surface area (Å²) in [6.07, 6.45) is 1.56. The summed E-state index contributed by atoms with van der Waals surface area (Å²) in [5, 5.41) is 34.4. The summed E-state index contributed by atoms with van der Waals surface area (Å²) in [5.41, 5.74) is 43.4. The maximum absolute atomic E-state index is 14.0. The lowest BCUT2D eigenvalue weighted by molar-refractivity contribution is -0.137. The van der Waals surface area contributed by atoms with E-state index >= 15 is 0 Å². The van der Waals surface area contributed by atoms with E-state index in [9.17, 15) is 58.2 Å². The molecule has 1 heterocycles. The second kappa shape index (κ2) is 33.8. The summed E-state index contributed by atoms with van der Waals surface area (Å²) in [6.45, 7) is 0.833. The highest BCUT2D eigenvalue weighted by molar-refractivity contribution is 6.40. The average Bonchev–Trinajstić information content (AvgIpc) is 3.82. The van der Waals surface area contributed by atoms with E-state index in [1.54, 1.807) is 0 Å². The summed E-state index contributed by atoms with van der Waals surface area (Å²) >= 11 is 0. The molecule has 0 aliphatic carbocycles. The molecule has 7 atom stereocenters. The summed E-state index contributed by atoms with van der Waals surface area (Å²) in [5.74, 6) is -9.62. The van der Waals surface area contributed by atoms with Gasteiger partial charge in [0, 0.05) is 26.1 Å². The van der Waals surface area contributed by atoms with E-state index in [-0.39, 0.29) is 82.8 Å². The van der Waals surface area contributed by atoms with E-state index in [0.29, 0.717) is 38.6 Å². The number of rotatable bonds is 34. The number of carboxylic acids is 1. The number of likely N-dealkylation sites (tertiary alicyclic amines) is 1. The Bertz CT molecular complexity index is 1930. The number of nitrogens with two attached hydrogens (primary N) is 8. The monoisotopic (exact) mass is 1010 g/mol. The number of aliphatic hydroxyl groups excluding tert-OH is 1. The van der Waals surface area contributed by atoms with Gasteiger partial charge < -0.3 is 92.9 Å². The van der Waals surface area contributed by atoms with Gasteiger partial charge in [0.15, 0.2) is 5.96 Å². The second-order valence-electron chi connectivity index (χ2n) is 16.5. The molecule has 0 saturated carbocycles. The minimum absolute atomic E-state index is 0.00571. The van der Waals surface area contributed by atoms with Crippen LogP contribution < -0.4 is 77.8 Å². The van der Waals surface area contributed by atoms with E-state index in [2.05, 4.69) is 41.9 Å². The molecule has 0 bridgehead atoms. The molecule has 1 rings (SSSR count). The predicted molar refractivity (Wildman–Crippen MR) is 258 cm³/mol. The van der Waals surface area contributed by atoms with Crippen molar-refractivity contribution in [3.8, 4) is 0 Å². The minimum atomic E-state index is -1.58. The molecule has 0 spiro atoms. The minimum Gasteiger partial charge on any atom is -0.477 e. The number of unbranched alkanes of at least 4 members (excludes halogenated alkanes) is 2. The SMILES string of the molecule is C[C@H](NC(=O)[C@@H](NC(=O)[C@@H](N)CCCCN)[C@@H](O)CN)C(=O)NCC(=O)N=C(CCCN)C(=O)N1CCC[C@H]1C(=O)N[C@@H](CCC(N)=O)C(=O)N[C@@H](CCCCN)C(=O)N/C(=C\CCN=C(N)N)C(=O)O. The first-order valence-electron chi connectivity index (χ1n) is 23.3. The first kappa shape index (κ1) is 62.4. The van der Waals surface area contributed by atoms with Crippen LogP contribution in [0.15, 0.2) is 21.8 Å². The molecule has 29 heteroatoms. The molecule has 0 radical (unpaired) electrons. The smallest absolute Gasteiger partial charge is 0.352 e. The third kappa shape index (κ3) is 23.7. The number of nitrogens with zero attached hydrogens (tertiary/aromatic N) is 3. The molecule has 0 aromatic carbocycles. The summed E-state index contributed by atoms with van der Waals surface area (Å²) < 4.78 is 0. The van der Waals surface area contributed by atoms with Gasteiger partial charge in [-0.15, -0.1) is 0 Å². The van der Waals surface area contributed by atoms with Crippen molar-refractivity contribution in [3.05, 3.63) is 11.8 Å². The lowest BCUT2D eigenvalue weighted by atomic mass is 10.0. The third-order valence-corrected chi connectivity index (χ3v) is 10.8. The van der Waals surface area contributed by atoms with Crippen molar-refractivity contribution in [2.75, 3.05) is 45.8 Å². The van der Waals surface area contributed by atoms with Crippen LogP contribution in [0.4, 0.5) is 0 Å². The number of aliphatic carboxylic acids is 1. The molecule has 0 aromatic heterocycles. The van der Waals surface area contributed by atoms with Crippen LogP contribution in [-0.4, -0.2) is 174 Å². The summed E-state index contributed by atoms with van der Waals surface area (Å²) in [6, 6.07) is -7.96. The van der Waals surface area contributed by atoms with Crippen molar-refractivity contribution in [1.82, 2.24) is 36.8 Å². The molecule has 400 valence electrons. The highest BCUT2D eigenvalue weighted by Crippen LogP contribution is 2.20. The first-order chi connectivity index (χ1) is 33.6. The number of amides is 9.